The van der Waals surface area contributed by atoms with Crippen molar-refractivity contribution in [2.75, 3.05) is 31.6 Å². The van der Waals surface area contributed by atoms with E-state index in [1.165, 1.54) is 18.4 Å². The lowest BCUT2D eigenvalue weighted by Crippen LogP contribution is -2.39. The SMILES string of the molecule is CNCC1CCCN(c2ncc(C(C)C)cn2)C1. The summed E-state index contributed by atoms with van der Waals surface area (Å²) in [5.41, 5.74) is 1.21. The topological polar surface area (TPSA) is 41.0 Å². The quantitative estimate of drug-likeness (QED) is 0.885. The highest BCUT2D eigenvalue weighted by Crippen LogP contribution is 2.20. The number of rotatable bonds is 4. The maximum absolute atomic E-state index is 4.51. The van der Waals surface area contributed by atoms with Gasteiger partial charge in [0.15, 0.2) is 0 Å². The van der Waals surface area contributed by atoms with E-state index in [1.807, 2.05) is 19.4 Å². The molecule has 0 amide bonds. The molecule has 100 valence electrons. The van der Waals surface area contributed by atoms with Gasteiger partial charge < -0.3 is 10.2 Å². The van der Waals surface area contributed by atoms with Crippen LogP contribution in [-0.2, 0) is 0 Å². The van der Waals surface area contributed by atoms with Gasteiger partial charge in [-0.1, -0.05) is 13.8 Å². The Balaban J connectivity index is 2.02. The predicted octanol–water partition coefficient (Wildman–Crippen LogP) is 2.04. The molecular formula is C14H24N4. The Labute approximate surface area is 110 Å². The van der Waals surface area contributed by atoms with Crippen LogP contribution in [0.5, 0.6) is 0 Å². The molecule has 4 heteroatoms. The van der Waals surface area contributed by atoms with Crippen LogP contribution in [-0.4, -0.2) is 36.6 Å². The number of aromatic nitrogens is 2. The van der Waals surface area contributed by atoms with E-state index in [2.05, 4.69) is 34.0 Å². The number of hydrogen-bond acceptors (Lipinski definition) is 4. The Hall–Kier alpha value is -1.16. The molecular weight excluding hydrogens is 224 g/mol. The average molecular weight is 248 g/mol. The van der Waals surface area contributed by atoms with Gasteiger partial charge in [-0.2, -0.15) is 0 Å². The van der Waals surface area contributed by atoms with Crippen molar-refractivity contribution in [3.63, 3.8) is 0 Å². The van der Waals surface area contributed by atoms with Crippen LogP contribution in [0, 0.1) is 5.92 Å². The molecule has 0 aromatic carbocycles. The molecule has 1 saturated heterocycles. The fourth-order valence-electron chi connectivity index (χ4n) is 2.49. The summed E-state index contributed by atoms with van der Waals surface area (Å²) in [6.07, 6.45) is 6.48. The van der Waals surface area contributed by atoms with Crippen molar-refractivity contribution < 1.29 is 0 Å². The van der Waals surface area contributed by atoms with E-state index in [0.29, 0.717) is 5.92 Å². The molecule has 1 aliphatic heterocycles. The molecule has 1 unspecified atom stereocenters. The third-order valence-corrected chi connectivity index (χ3v) is 3.62. The number of anilines is 1. The number of nitrogens with one attached hydrogen (secondary N) is 1. The van der Waals surface area contributed by atoms with Gasteiger partial charge in [-0.25, -0.2) is 9.97 Å². The predicted molar refractivity (Wildman–Crippen MR) is 75.0 cm³/mol. The van der Waals surface area contributed by atoms with Crippen LogP contribution in [0.15, 0.2) is 12.4 Å². The minimum Gasteiger partial charge on any atom is -0.341 e. The maximum Gasteiger partial charge on any atom is 0.225 e. The van der Waals surface area contributed by atoms with E-state index in [1.54, 1.807) is 0 Å². The second kappa shape index (κ2) is 6.14. The van der Waals surface area contributed by atoms with Crippen LogP contribution < -0.4 is 10.2 Å². The van der Waals surface area contributed by atoms with Gasteiger partial charge in [0.2, 0.25) is 5.95 Å². The zero-order chi connectivity index (χ0) is 13.0. The third-order valence-electron chi connectivity index (χ3n) is 3.62. The van der Waals surface area contributed by atoms with Crippen molar-refractivity contribution in [3.05, 3.63) is 18.0 Å². The minimum atomic E-state index is 0.498. The van der Waals surface area contributed by atoms with Gasteiger partial charge in [0, 0.05) is 25.5 Å². The number of nitrogens with zero attached hydrogens (tertiary/aromatic N) is 3. The molecule has 0 aliphatic carbocycles. The Kier molecular flexibility index (Phi) is 4.53. The van der Waals surface area contributed by atoms with Crippen LogP contribution in [0.4, 0.5) is 5.95 Å². The normalized spacial score (nSPS) is 20.4. The van der Waals surface area contributed by atoms with Gasteiger partial charge in [0.1, 0.15) is 0 Å². The Morgan fingerprint density at radius 3 is 2.72 bits per heavy atom. The molecule has 0 radical (unpaired) electrons. The fraction of sp³-hybridized carbons (Fsp3) is 0.714. The van der Waals surface area contributed by atoms with Crippen LogP contribution in [0.1, 0.15) is 38.2 Å². The molecule has 2 rings (SSSR count). The highest BCUT2D eigenvalue weighted by atomic mass is 15.3. The Morgan fingerprint density at radius 2 is 2.11 bits per heavy atom. The molecule has 1 atom stereocenters. The lowest BCUT2D eigenvalue weighted by Gasteiger charge is -2.32. The van der Waals surface area contributed by atoms with Crippen molar-refractivity contribution in [2.24, 2.45) is 5.92 Å². The smallest absolute Gasteiger partial charge is 0.225 e. The molecule has 0 saturated carbocycles. The molecule has 0 bridgehead atoms. The first kappa shape index (κ1) is 13.3. The van der Waals surface area contributed by atoms with Gasteiger partial charge in [0.05, 0.1) is 0 Å². The molecule has 2 heterocycles. The molecule has 1 aliphatic rings. The van der Waals surface area contributed by atoms with Crippen LogP contribution in [0.2, 0.25) is 0 Å². The zero-order valence-corrected chi connectivity index (χ0v) is 11.7. The largest absolute Gasteiger partial charge is 0.341 e. The van der Waals surface area contributed by atoms with Gasteiger partial charge in [0.25, 0.3) is 0 Å². The average Bonchev–Trinajstić information content (AvgIpc) is 2.39. The van der Waals surface area contributed by atoms with Gasteiger partial charge in [-0.3, -0.25) is 0 Å². The molecule has 1 aromatic heterocycles. The highest BCUT2D eigenvalue weighted by Gasteiger charge is 2.21. The molecule has 0 spiro atoms. The first-order chi connectivity index (χ1) is 8.70. The summed E-state index contributed by atoms with van der Waals surface area (Å²) in [5, 5.41) is 3.27. The monoisotopic (exact) mass is 248 g/mol. The summed E-state index contributed by atoms with van der Waals surface area (Å²) in [6, 6.07) is 0. The number of hydrogen-bond donors (Lipinski definition) is 1. The lowest BCUT2D eigenvalue weighted by atomic mass is 9.98. The summed E-state index contributed by atoms with van der Waals surface area (Å²) in [5.74, 6) is 2.11. The summed E-state index contributed by atoms with van der Waals surface area (Å²) in [6.45, 7) is 7.58. The maximum atomic E-state index is 4.51. The van der Waals surface area contributed by atoms with Gasteiger partial charge in [-0.05, 0) is 43.8 Å². The Morgan fingerprint density at radius 1 is 1.39 bits per heavy atom. The summed E-state index contributed by atoms with van der Waals surface area (Å²) in [4.78, 5) is 11.3. The van der Waals surface area contributed by atoms with E-state index < -0.39 is 0 Å². The van der Waals surface area contributed by atoms with E-state index in [-0.39, 0.29) is 0 Å². The molecule has 18 heavy (non-hydrogen) atoms. The van der Waals surface area contributed by atoms with E-state index in [0.717, 1.165) is 31.5 Å². The second-order valence-corrected chi connectivity index (χ2v) is 5.48. The van der Waals surface area contributed by atoms with E-state index in [4.69, 9.17) is 0 Å². The van der Waals surface area contributed by atoms with Crippen molar-refractivity contribution in [3.8, 4) is 0 Å². The van der Waals surface area contributed by atoms with Crippen molar-refractivity contribution in [1.82, 2.24) is 15.3 Å². The van der Waals surface area contributed by atoms with Crippen LogP contribution in [0.25, 0.3) is 0 Å². The number of piperidine rings is 1. The summed E-state index contributed by atoms with van der Waals surface area (Å²) in [7, 11) is 2.02. The first-order valence-corrected chi connectivity index (χ1v) is 6.92. The molecule has 4 nitrogen and oxygen atoms in total. The van der Waals surface area contributed by atoms with Crippen molar-refractivity contribution >= 4 is 5.95 Å². The van der Waals surface area contributed by atoms with Crippen molar-refractivity contribution in [1.29, 1.82) is 0 Å². The van der Waals surface area contributed by atoms with E-state index >= 15 is 0 Å². The summed E-state index contributed by atoms with van der Waals surface area (Å²) >= 11 is 0. The standard InChI is InChI=1S/C14H24N4/c1-11(2)13-8-16-14(17-9-13)18-6-4-5-12(10-18)7-15-3/h8-9,11-12,15H,4-7,10H2,1-3H3. The first-order valence-electron chi connectivity index (χ1n) is 6.92. The van der Waals surface area contributed by atoms with Gasteiger partial charge >= 0.3 is 0 Å². The van der Waals surface area contributed by atoms with Crippen molar-refractivity contribution in [2.45, 2.75) is 32.6 Å². The minimum absolute atomic E-state index is 0.498. The molecule has 1 aromatic rings. The second-order valence-electron chi connectivity index (χ2n) is 5.48. The lowest BCUT2D eigenvalue weighted by molar-refractivity contribution is 0.399. The highest BCUT2D eigenvalue weighted by molar-refractivity contribution is 5.31. The zero-order valence-electron chi connectivity index (χ0n) is 11.7. The van der Waals surface area contributed by atoms with E-state index in [9.17, 15) is 0 Å². The summed E-state index contributed by atoms with van der Waals surface area (Å²) < 4.78 is 0. The van der Waals surface area contributed by atoms with Crippen LogP contribution >= 0.6 is 0 Å². The molecule has 1 fully saturated rings. The Bertz CT molecular complexity index is 359. The third kappa shape index (κ3) is 3.19. The fourth-order valence-corrected chi connectivity index (χ4v) is 2.49. The van der Waals surface area contributed by atoms with Gasteiger partial charge in [-0.15, -0.1) is 0 Å². The van der Waals surface area contributed by atoms with Crippen LogP contribution in [0.3, 0.4) is 0 Å². The molecule has 1 N–H and O–H groups in total.